The Labute approximate surface area is 143 Å². The van der Waals surface area contributed by atoms with E-state index < -0.39 is 5.41 Å². The lowest BCUT2D eigenvalue weighted by molar-refractivity contribution is 0.0839. The lowest BCUT2D eigenvalue weighted by Crippen LogP contribution is -2.38. The summed E-state index contributed by atoms with van der Waals surface area (Å²) in [7, 11) is 3.30. The summed E-state index contributed by atoms with van der Waals surface area (Å²) in [6.07, 6.45) is 5.20. The van der Waals surface area contributed by atoms with Crippen molar-refractivity contribution in [1.82, 2.24) is 0 Å². The molecule has 24 heavy (non-hydrogen) atoms. The molecule has 1 aliphatic carbocycles. The number of ketones is 1. The first-order valence-electron chi connectivity index (χ1n) is 8.53. The van der Waals surface area contributed by atoms with Gasteiger partial charge in [0.25, 0.3) is 0 Å². The van der Waals surface area contributed by atoms with Gasteiger partial charge in [0.1, 0.15) is 11.5 Å². The molecule has 1 saturated carbocycles. The molecule has 3 nitrogen and oxygen atoms in total. The molecule has 3 heteroatoms. The van der Waals surface area contributed by atoms with Crippen molar-refractivity contribution in [3.05, 3.63) is 59.7 Å². The molecule has 1 fully saturated rings. The van der Waals surface area contributed by atoms with Crippen LogP contribution in [-0.4, -0.2) is 20.0 Å². The highest BCUT2D eigenvalue weighted by atomic mass is 16.5. The standard InChI is InChI=1S/C21H24O3/c1-23-18-10-6-16(7-11-18)20(22)21(14-4-3-5-15-21)17-8-12-19(24-2)13-9-17/h6-13H,3-5,14-15H2,1-2H3. The van der Waals surface area contributed by atoms with Crippen LogP contribution in [0.5, 0.6) is 11.5 Å². The van der Waals surface area contributed by atoms with Gasteiger partial charge in [-0.3, -0.25) is 4.79 Å². The summed E-state index contributed by atoms with van der Waals surface area (Å²) in [6, 6.07) is 15.5. The van der Waals surface area contributed by atoms with Crippen molar-refractivity contribution in [2.24, 2.45) is 0 Å². The molecular formula is C21H24O3. The number of benzene rings is 2. The Morgan fingerprint density at radius 3 is 1.79 bits per heavy atom. The largest absolute Gasteiger partial charge is 0.497 e. The van der Waals surface area contributed by atoms with Gasteiger partial charge < -0.3 is 9.47 Å². The summed E-state index contributed by atoms with van der Waals surface area (Å²) >= 11 is 0. The zero-order chi connectivity index (χ0) is 17.0. The third-order valence-electron chi connectivity index (χ3n) is 5.14. The Hall–Kier alpha value is -2.29. The van der Waals surface area contributed by atoms with E-state index in [0.717, 1.165) is 48.3 Å². The van der Waals surface area contributed by atoms with E-state index in [0.29, 0.717) is 0 Å². The zero-order valence-corrected chi connectivity index (χ0v) is 14.4. The normalized spacial score (nSPS) is 16.4. The third kappa shape index (κ3) is 3.03. The molecule has 2 aromatic rings. The fourth-order valence-electron chi connectivity index (χ4n) is 3.73. The summed E-state index contributed by atoms with van der Waals surface area (Å²) in [5.74, 6) is 1.81. The van der Waals surface area contributed by atoms with E-state index >= 15 is 0 Å². The predicted octanol–water partition coefficient (Wildman–Crippen LogP) is 4.79. The van der Waals surface area contributed by atoms with E-state index in [4.69, 9.17) is 9.47 Å². The highest BCUT2D eigenvalue weighted by Gasteiger charge is 2.41. The van der Waals surface area contributed by atoms with Crippen LogP contribution >= 0.6 is 0 Å². The predicted molar refractivity (Wildman–Crippen MR) is 95.1 cm³/mol. The number of methoxy groups -OCH3 is 2. The lowest BCUT2D eigenvalue weighted by atomic mass is 9.65. The first-order chi connectivity index (χ1) is 11.7. The van der Waals surface area contributed by atoms with Gasteiger partial charge in [0, 0.05) is 5.56 Å². The molecule has 0 saturated heterocycles. The summed E-state index contributed by atoms with van der Waals surface area (Å²) in [4.78, 5) is 13.4. The van der Waals surface area contributed by atoms with Crippen LogP contribution < -0.4 is 9.47 Å². The second-order valence-corrected chi connectivity index (χ2v) is 6.43. The van der Waals surface area contributed by atoms with E-state index in [1.807, 2.05) is 48.5 Å². The minimum absolute atomic E-state index is 0.218. The highest BCUT2D eigenvalue weighted by molar-refractivity contribution is 6.04. The number of hydrogen-bond acceptors (Lipinski definition) is 3. The van der Waals surface area contributed by atoms with Crippen LogP contribution in [0.3, 0.4) is 0 Å². The lowest BCUT2D eigenvalue weighted by Gasteiger charge is -2.36. The average molecular weight is 324 g/mol. The number of carbonyl (C=O) groups excluding carboxylic acids is 1. The van der Waals surface area contributed by atoms with E-state index in [1.165, 1.54) is 6.42 Å². The van der Waals surface area contributed by atoms with E-state index in [-0.39, 0.29) is 5.78 Å². The van der Waals surface area contributed by atoms with Crippen LogP contribution in [0.15, 0.2) is 48.5 Å². The van der Waals surface area contributed by atoms with Gasteiger partial charge in [0.2, 0.25) is 0 Å². The molecule has 2 aromatic carbocycles. The Morgan fingerprint density at radius 2 is 1.29 bits per heavy atom. The smallest absolute Gasteiger partial charge is 0.173 e. The van der Waals surface area contributed by atoms with Crippen LogP contribution in [0.25, 0.3) is 0 Å². The Bertz CT molecular complexity index is 680. The SMILES string of the molecule is COc1ccc(C(=O)C2(c3ccc(OC)cc3)CCCCC2)cc1. The van der Waals surface area contributed by atoms with Crippen molar-refractivity contribution >= 4 is 5.78 Å². The maximum absolute atomic E-state index is 13.4. The summed E-state index contributed by atoms with van der Waals surface area (Å²) < 4.78 is 10.5. The minimum atomic E-state index is -0.418. The summed E-state index contributed by atoms with van der Waals surface area (Å²) in [5.41, 5.74) is 1.44. The molecule has 0 aromatic heterocycles. The van der Waals surface area contributed by atoms with Gasteiger partial charge in [0.15, 0.2) is 5.78 Å². The van der Waals surface area contributed by atoms with Crippen LogP contribution in [0.2, 0.25) is 0 Å². The van der Waals surface area contributed by atoms with Crippen LogP contribution in [0, 0.1) is 0 Å². The molecule has 3 rings (SSSR count). The fourth-order valence-corrected chi connectivity index (χ4v) is 3.73. The van der Waals surface area contributed by atoms with Gasteiger partial charge in [-0.1, -0.05) is 31.4 Å². The summed E-state index contributed by atoms with van der Waals surface area (Å²) in [6.45, 7) is 0. The quantitative estimate of drug-likeness (QED) is 0.742. The second-order valence-electron chi connectivity index (χ2n) is 6.43. The molecule has 126 valence electrons. The first-order valence-corrected chi connectivity index (χ1v) is 8.53. The van der Waals surface area contributed by atoms with Gasteiger partial charge in [-0.2, -0.15) is 0 Å². The van der Waals surface area contributed by atoms with Gasteiger partial charge in [-0.15, -0.1) is 0 Å². The molecule has 0 aliphatic heterocycles. The van der Waals surface area contributed by atoms with E-state index in [9.17, 15) is 4.79 Å². The molecule has 0 radical (unpaired) electrons. The molecule has 1 aliphatic rings. The maximum Gasteiger partial charge on any atom is 0.173 e. The Kier molecular flexibility index (Phi) is 4.89. The monoisotopic (exact) mass is 324 g/mol. The topological polar surface area (TPSA) is 35.5 Å². The van der Waals surface area contributed by atoms with Gasteiger partial charge in [-0.25, -0.2) is 0 Å². The van der Waals surface area contributed by atoms with Crippen LogP contribution in [0.4, 0.5) is 0 Å². The van der Waals surface area contributed by atoms with E-state index in [2.05, 4.69) is 0 Å². The Balaban J connectivity index is 1.98. The second kappa shape index (κ2) is 7.08. The summed E-state index contributed by atoms with van der Waals surface area (Å²) in [5, 5.41) is 0. The van der Waals surface area contributed by atoms with Crippen molar-refractivity contribution < 1.29 is 14.3 Å². The molecule has 0 heterocycles. The van der Waals surface area contributed by atoms with E-state index in [1.54, 1.807) is 14.2 Å². The first kappa shape index (κ1) is 16.6. The maximum atomic E-state index is 13.4. The van der Waals surface area contributed by atoms with Crippen molar-refractivity contribution in [2.45, 2.75) is 37.5 Å². The number of Topliss-reactive ketones (excluding diaryl/α,β-unsaturated/α-hetero) is 1. The van der Waals surface area contributed by atoms with Gasteiger partial charge in [-0.05, 0) is 54.8 Å². The molecular weight excluding hydrogens is 300 g/mol. The van der Waals surface area contributed by atoms with Crippen molar-refractivity contribution in [3.63, 3.8) is 0 Å². The average Bonchev–Trinajstić information content (AvgIpc) is 2.68. The van der Waals surface area contributed by atoms with Crippen molar-refractivity contribution in [2.75, 3.05) is 14.2 Å². The highest BCUT2D eigenvalue weighted by Crippen LogP contribution is 2.42. The molecule has 0 spiro atoms. The van der Waals surface area contributed by atoms with Gasteiger partial charge in [0.05, 0.1) is 19.6 Å². The number of ether oxygens (including phenoxy) is 2. The van der Waals surface area contributed by atoms with Gasteiger partial charge >= 0.3 is 0 Å². The Morgan fingerprint density at radius 1 is 0.792 bits per heavy atom. The molecule has 0 amide bonds. The number of carbonyl (C=O) groups is 1. The molecule has 0 N–H and O–H groups in total. The van der Waals surface area contributed by atoms with Crippen LogP contribution in [0.1, 0.15) is 48.0 Å². The number of hydrogen-bond donors (Lipinski definition) is 0. The third-order valence-corrected chi connectivity index (χ3v) is 5.14. The fraction of sp³-hybridized carbons (Fsp3) is 0.381. The minimum Gasteiger partial charge on any atom is -0.497 e. The zero-order valence-electron chi connectivity index (χ0n) is 14.4. The molecule has 0 unspecified atom stereocenters. The van der Waals surface area contributed by atoms with Crippen LogP contribution in [-0.2, 0) is 5.41 Å². The molecule has 0 atom stereocenters. The number of rotatable bonds is 5. The molecule has 0 bridgehead atoms. The van der Waals surface area contributed by atoms with Crippen molar-refractivity contribution in [1.29, 1.82) is 0 Å². The van der Waals surface area contributed by atoms with Crippen molar-refractivity contribution in [3.8, 4) is 11.5 Å².